The van der Waals surface area contributed by atoms with Gasteiger partial charge in [0.05, 0.1) is 25.5 Å². The predicted molar refractivity (Wildman–Crippen MR) is 91.6 cm³/mol. The summed E-state index contributed by atoms with van der Waals surface area (Å²) in [4.78, 5) is 28.2. The highest BCUT2D eigenvalue weighted by molar-refractivity contribution is 7.12. The second kappa shape index (κ2) is 7.10. The number of carbonyl (C=O) groups excluding carboxylic acids is 2. The van der Waals surface area contributed by atoms with Crippen molar-refractivity contribution >= 4 is 28.9 Å². The Bertz CT molecular complexity index is 838. The minimum absolute atomic E-state index is 0.186. The maximum absolute atomic E-state index is 12.2. The lowest BCUT2D eigenvalue weighted by atomic mass is 10.1. The van der Waals surface area contributed by atoms with Gasteiger partial charge in [-0.3, -0.25) is 4.79 Å². The summed E-state index contributed by atoms with van der Waals surface area (Å²) in [5.41, 5.74) is 2.33. The summed E-state index contributed by atoms with van der Waals surface area (Å²) in [5, 5.41) is 4.49. The Morgan fingerprint density at radius 3 is 2.71 bits per heavy atom. The number of hydrogen-bond acceptors (Lipinski definition) is 5. The number of methoxy groups -OCH3 is 1. The van der Waals surface area contributed by atoms with Crippen LogP contribution in [0.4, 0.5) is 5.69 Å². The van der Waals surface area contributed by atoms with Crippen molar-refractivity contribution in [1.29, 1.82) is 0 Å². The molecule has 0 aliphatic rings. The SMILES string of the molecule is COC(=O)c1sccc1NC(=O)Cc1ccc(-n2ccnc2)cc1. The topological polar surface area (TPSA) is 73.2 Å². The lowest BCUT2D eigenvalue weighted by molar-refractivity contribution is -0.115. The van der Waals surface area contributed by atoms with Gasteiger partial charge >= 0.3 is 5.97 Å². The molecule has 1 amide bonds. The fourth-order valence-corrected chi connectivity index (χ4v) is 3.00. The van der Waals surface area contributed by atoms with Gasteiger partial charge in [-0.25, -0.2) is 9.78 Å². The first kappa shape index (κ1) is 15.9. The largest absolute Gasteiger partial charge is 0.465 e. The van der Waals surface area contributed by atoms with Gasteiger partial charge in [-0.2, -0.15) is 0 Å². The van der Waals surface area contributed by atoms with Gasteiger partial charge in [0.2, 0.25) is 5.91 Å². The van der Waals surface area contributed by atoms with Crippen molar-refractivity contribution in [2.75, 3.05) is 12.4 Å². The molecule has 2 aromatic heterocycles. The van der Waals surface area contributed by atoms with Gasteiger partial charge in [0.15, 0.2) is 0 Å². The van der Waals surface area contributed by atoms with Crippen molar-refractivity contribution in [3.63, 3.8) is 0 Å². The number of esters is 1. The molecule has 2 heterocycles. The fourth-order valence-electron chi connectivity index (χ4n) is 2.24. The highest BCUT2D eigenvalue weighted by Crippen LogP contribution is 2.23. The van der Waals surface area contributed by atoms with E-state index >= 15 is 0 Å². The van der Waals surface area contributed by atoms with Crippen molar-refractivity contribution in [1.82, 2.24) is 9.55 Å². The maximum atomic E-state index is 12.2. The summed E-state index contributed by atoms with van der Waals surface area (Å²) >= 11 is 1.23. The number of anilines is 1. The molecule has 24 heavy (non-hydrogen) atoms. The molecule has 0 saturated carbocycles. The maximum Gasteiger partial charge on any atom is 0.350 e. The number of amides is 1. The normalized spacial score (nSPS) is 10.4. The second-order valence-electron chi connectivity index (χ2n) is 5.02. The van der Waals surface area contributed by atoms with E-state index in [0.29, 0.717) is 10.6 Å². The standard InChI is InChI=1S/C17H15N3O3S/c1-23-17(22)16-14(6-9-24-16)19-15(21)10-12-2-4-13(5-3-12)20-8-7-18-11-20/h2-9,11H,10H2,1H3,(H,19,21). The van der Waals surface area contributed by atoms with Gasteiger partial charge in [0, 0.05) is 18.1 Å². The van der Waals surface area contributed by atoms with Gasteiger partial charge < -0.3 is 14.6 Å². The van der Waals surface area contributed by atoms with Crippen LogP contribution < -0.4 is 5.32 Å². The molecule has 6 nitrogen and oxygen atoms in total. The van der Waals surface area contributed by atoms with E-state index in [0.717, 1.165) is 11.3 Å². The minimum Gasteiger partial charge on any atom is -0.465 e. The smallest absolute Gasteiger partial charge is 0.350 e. The number of rotatable bonds is 5. The van der Waals surface area contributed by atoms with Crippen LogP contribution in [-0.4, -0.2) is 28.5 Å². The first-order valence-electron chi connectivity index (χ1n) is 7.20. The van der Waals surface area contributed by atoms with E-state index in [2.05, 4.69) is 10.3 Å². The predicted octanol–water partition coefficient (Wildman–Crippen LogP) is 2.90. The highest BCUT2D eigenvalue weighted by Gasteiger charge is 2.15. The van der Waals surface area contributed by atoms with E-state index < -0.39 is 5.97 Å². The third kappa shape index (κ3) is 3.52. The molecule has 0 spiro atoms. The molecule has 0 fully saturated rings. The zero-order chi connectivity index (χ0) is 16.9. The van der Waals surface area contributed by atoms with Crippen molar-refractivity contribution in [3.8, 4) is 5.69 Å². The molecule has 0 aliphatic carbocycles. The van der Waals surface area contributed by atoms with Crippen molar-refractivity contribution in [3.05, 3.63) is 64.9 Å². The zero-order valence-electron chi connectivity index (χ0n) is 12.9. The van der Waals surface area contributed by atoms with Crippen molar-refractivity contribution in [2.24, 2.45) is 0 Å². The van der Waals surface area contributed by atoms with Crippen LogP contribution in [0.2, 0.25) is 0 Å². The molecule has 0 atom stereocenters. The number of aromatic nitrogens is 2. The minimum atomic E-state index is -0.454. The number of nitrogens with one attached hydrogen (secondary N) is 1. The number of thiophene rings is 1. The van der Waals surface area contributed by atoms with Gasteiger partial charge in [-0.15, -0.1) is 11.3 Å². The number of carbonyl (C=O) groups is 2. The third-order valence-corrected chi connectivity index (χ3v) is 4.31. The number of nitrogens with zero attached hydrogens (tertiary/aromatic N) is 2. The Labute approximate surface area is 142 Å². The average molecular weight is 341 g/mol. The molecule has 1 aromatic carbocycles. The Kier molecular flexibility index (Phi) is 4.72. The molecule has 0 radical (unpaired) electrons. The third-order valence-electron chi connectivity index (χ3n) is 3.41. The Hall–Kier alpha value is -2.93. The Morgan fingerprint density at radius 2 is 2.04 bits per heavy atom. The van der Waals surface area contributed by atoms with Crippen LogP contribution in [0.15, 0.2) is 54.4 Å². The van der Waals surface area contributed by atoms with Gasteiger partial charge in [-0.05, 0) is 29.1 Å². The van der Waals surface area contributed by atoms with Gasteiger partial charge in [0.1, 0.15) is 4.88 Å². The number of ether oxygens (including phenoxy) is 1. The summed E-state index contributed by atoms with van der Waals surface area (Å²) in [6.07, 6.45) is 5.50. The lowest BCUT2D eigenvalue weighted by Gasteiger charge is -2.07. The summed E-state index contributed by atoms with van der Waals surface area (Å²) in [7, 11) is 1.31. The summed E-state index contributed by atoms with van der Waals surface area (Å²) < 4.78 is 6.58. The Morgan fingerprint density at radius 1 is 1.25 bits per heavy atom. The highest BCUT2D eigenvalue weighted by atomic mass is 32.1. The average Bonchev–Trinajstić information content (AvgIpc) is 3.26. The van der Waals surface area contributed by atoms with E-state index in [1.165, 1.54) is 18.4 Å². The molecular formula is C17H15N3O3S. The molecule has 1 N–H and O–H groups in total. The molecule has 3 aromatic rings. The van der Waals surface area contributed by atoms with E-state index in [-0.39, 0.29) is 12.3 Å². The monoisotopic (exact) mass is 341 g/mol. The Balaban J connectivity index is 1.65. The summed E-state index contributed by atoms with van der Waals surface area (Å²) in [6, 6.07) is 9.33. The first-order chi connectivity index (χ1) is 11.7. The van der Waals surface area contributed by atoms with Crippen LogP contribution in [0.1, 0.15) is 15.2 Å². The molecule has 122 valence electrons. The van der Waals surface area contributed by atoms with Crippen LogP contribution in [-0.2, 0) is 16.0 Å². The van der Waals surface area contributed by atoms with Crippen LogP contribution in [0.3, 0.4) is 0 Å². The number of imidazole rings is 1. The molecule has 0 unspecified atom stereocenters. The van der Waals surface area contributed by atoms with Crippen LogP contribution >= 0.6 is 11.3 Å². The molecular weight excluding hydrogens is 326 g/mol. The molecule has 7 heteroatoms. The van der Waals surface area contributed by atoms with Crippen LogP contribution in [0.25, 0.3) is 5.69 Å². The summed E-state index contributed by atoms with van der Waals surface area (Å²) in [5.74, 6) is -0.640. The summed E-state index contributed by atoms with van der Waals surface area (Å²) in [6.45, 7) is 0. The lowest BCUT2D eigenvalue weighted by Crippen LogP contribution is -2.16. The molecule has 0 saturated heterocycles. The van der Waals surface area contributed by atoms with Crippen LogP contribution in [0.5, 0.6) is 0 Å². The number of hydrogen-bond donors (Lipinski definition) is 1. The molecule has 0 bridgehead atoms. The van der Waals surface area contributed by atoms with Gasteiger partial charge in [0.25, 0.3) is 0 Å². The van der Waals surface area contributed by atoms with E-state index in [1.807, 2.05) is 35.0 Å². The van der Waals surface area contributed by atoms with E-state index in [1.54, 1.807) is 24.0 Å². The fraction of sp³-hybridized carbons (Fsp3) is 0.118. The quantitative estimate of drug-likeness (QED) is 0.724. The van der Waals surface area contributed by atoms with E-state index in [4.69, 9.17) is 4.74 Å². The second-order valence-corrected chi connectivity index (χ2v) is 5.93. The van der Waals surface area contributed by atoms with Crippen LogP contribution in [0, 0.1) is 0 Å². The molecule has 3 rings (SSSR count). The number of benzene rings is 1. The first-order valence-corrected chi connectivity index (χ1v) is 8.08. The van der Waals surface area contributed by atoms with E-state index in [9.17, 15) is 9.59 Å². The molecule has 0 aliphatic heterocycles. The van der Waals surface area contributed by atoms with Crippen molar-refractivity contribution < 1.29 is 14.3 Å². The van der Waals surface area contributed by atoms with Crippen molar-refractivity contribution in [2.45, 2.75) is 6.42 Å². The van der Waals surface area contributed by atoms with Gasteiger partial charge in [-0.1, -0.05) is 12.1 Å². The zero-order valence-corrected chi connectivity index (χ0v) is 13.7.